The number of nitrogens with zero attached hydrogens (tertiary/aromatic N) is 2. The summed E-state index contributed by atoms with van der Waals surface area (Å²) in [6.45, 7) is 3.63. The first-order valence-electron chi connectivity index (χ1n) is 7.14. The summed E-state index contributed by atoms with van der Waals surface area (Å²) in [4.78, 5) is 15.3. The average Bonchev–Trinajstić information content (AvgIpc) is 2.98. The molecule has 2 aromatic heterocycles. The van der Waals surface area contributed by atoms with Crippen molar-refractivity contribution in [1.29, 1.82) is 0 Å². The van der Waals surface area contributed by atoms with Gasteiger partial charge in [0.1, 0.15) is 5.69 Å². The van der Waals surface area contributed by atoms with Gasteiger partial charge in [0.2, 0.25) is 5.88 Å². The van der Waals surface area contributed by atoms with E-state index in [0.29, 0.717) is 6.54 Å². The summed E-state index contributed by atoms with van der Waals surface area (Å²) in [6, 6.07) is 6.57. The van der Waals surface area contributed by atoms with Crippen molar-refractivity contribution >= 4 is 5.97 Å². The number of aliphatic hydroxyl groups is 1. The molecule has 24 heavy (non-hydrogen) atoms. The van der Waals surface area contributed by atoms with E-state index in [0.717, 1.165) is 18.2 Å². The van der Waals surface area contributed by atoms with Crippen LogP contribution in [0.2, 0.25) is 0 Å². The van der Waals surface area contributed by atoms with E-state index in [1.54, 1.807) is 42.9 Å². The normalized spacial score (nSPS) is 13.6. The van der Waals surface area contributed by atoms with Crippen molar-refractivity contribution in [1.82, 2.24) is 9.55 Å². The van der Waals surface area contributed by atoms with Gasteiger partial charge in [0, 0.05) is 30.4 Å². The molecule has 2 aromatic rings. The first-order chi connectivity index (χ1) is 11.1. The Bertz CT molecular complexity index is 697. The van der Waals surface area contributed by atoms with Gasteiger partial charge in [-0.25, -0.2) is 9.78 Å². The maximum atomic E-state index is 12.6. The molecule has 1 unspecified atom stereocenters. The van der Waals surface area contributed by atoms with Gasteiger partial charge in [0.05, 0.1) is 0 Å². The molecule has 0 saturated heterocycles. The van der Waals surface area contributed by atoms with Gasteiger partial charge in [-0.2, -0.15) is 13.2 Å². The van der Waals surface area contributed by atoms with Crippen LogP contribution in [0, 0.1) is 5.41 Å². The van der Waals surface area contributed by atoms with Crippen LogP contribution in [0.15, 0.2) is 42.7 Å². The van der Waals surface area contributed by atoms with Crippen molar-refractivity contribution in [2.45, 2.75) is 32.7 Å². The molecule has 1 atom stereocenters. The average molecular weight is 342 g/mol. The summed E-state index contributed by atoms with van der Waals surface area (Å²) >= 11 is 0. The largest absolute Gasteiger partial charge is 0.433 e. The quantitative estimate of drug-likeness (QED) is 0.849. The number of rotatable bonds is 5. The number of hydrogen-bond acceptors (Lipinski definition) is 4. The number of esters is 1. The van der Waals surface area contributed by atoms with Gasteiger partial charge >= 0.3 is 12.1 Å². The fourth-order valence-corrected chi connectivity index (χ4v) is 2.14. The smallest absolute Gasteiger partial charge is 0.406 e. The third-order valence-corrected chi connectivity index (χ3v) is 3.44. The van der Waals surface area contributed by atoms with E-state index in [-0.39, 0.29) is 0 Å². The third kappa shape index (κ3) is 4.35. The second kappa shape index (κ2) is 6.64. The highest BCUT2D eigenvalue weighted by atomic mass is 19.4. The van der Waals surface area contributed by atoms with E-state index in [2.05, 4.69) is 4.98 Å². The topological polar surface area (TPSA) is 64.4 Å². The van der Waals surface area contributed by atoms with Crippen LogP contribution in [0.1, 0.15) is 19.5 Å². The van der Waals surface area contributed by atoms with E-state index >= 15 is 0 Å². The van der Waals surface area contributed by atoms with Gasteiger partial charge in [0.15, 0.2) is 6.10 Å². The van der Waals surface area contributed by atoms with E-state index in [1.165, 1.54) is 0 Å². The zero-order valence-corrected chi connectivity index (χ0v) is 13.1. The predicted molar refractivity (Wildman–Crippen MR) is 79.1 cm³/mol. The standard InChI is InChI=1S/C16H17F3N2O3/c1-15(2,10-21-8-3-4-9-21)13(22)14(23)24-12-7-5-6-11(20-12)16(17,18)19/h3-9,13,22H,10H2,1-2H3. The number of hydrogen-bond donors (Lipinski definition) is 1. The molecule has 8 heteroatoms. The molecule has 0 bridgehead atoms. The molecule has 1 N–H and O–H groups in total. The number of aliphatic hydroxyl groups excluding tert-OH is 1. The summed E-state index contributed by atoms with van der Waals surface area (Å²) in [5.74, 6) is -1.57. The fourth-order valence-electron chi connectivity index (χ4n) is 2.14. The van der Waals surface area contributed by atoms with Crippen LogP contribution < -0.4 is 4.74 Å². The molecule has 130 valence electrons. The summed E-state index contributed by atoms with van der Waals surface area (Å²) in [6.07, 6.45) is -2.63. The first-order valence-corrected chi connectivity index (χ1v) is 7.14. The van der Waals surface area contributed by atoms with Gasteiger partial charge in [-0.15, -0.1) is 0 Å². The Morgan fingerprint density at radius 3 is 2.46 bits per heavy atom. The molecular formula is C16H17F3N2O3. The van der Waals surface area contributed by atoms with Crippen molar-refractivity contribution in [2.75, 3.05) is 0 Å². The minimum atomic E-state index is -4.64. The molecule has 0 aliphatic heterocycles. The van der Waals surface area contributed by atoms with Crippen molar-refractivity contribution in [2.24, 2.45) is 5.41 Å². The summed E-state index contributed by atoms with van der Waals surface area (Å²) < 4.78 is 44.4. The first kappa shape index (κ1) is 18.0. The Kier molecular flexibility index (Phi) is 4.98. The monoisotopic (exact) mass is 342 g/mol. The highest BCUT2D eigenvalue weighted by Crippen LogP contribution is 2.29. The zero-order valence-electron chi connectivity index (χ0n) is 13.1. The molecule has 0 aliphatic rings. The molecule has 0 fully saturated rings. The Morgan fingerprint density at radius 2 is 1.88 bits per heavy atom. The van der Waals surface area contributed by atoms with Crippen LogP contribution in [0.4, 0.5) is 13.2 Å². The maximum absolute atomic E-state index is 12.6. The van der Waals surface area contributed by atoms with Gasteiger partial charge in [-0.05, 0) is 18.2 Å². The van der Waals surface area contributed by atoms with Crippen molar-refractivity contribution in [3.05, 3.63) is 48.4 Å². The van der Waals surface area contributed by atoms with E-state index in [4.69, 9.17) is 4.74 Å². The Labute approximate surface area is 136 Å². The number of aromatic nitrogens is 2. The summed E-state index contributed by atoms with van der Waals surface area (Å²) in [7, 11) is 0. The zero-order chi connectivity index (χ0) is 18.0. The minimum absolute atomic E-state index is 0.326. The second-order valence-electron chi connectivity index (χ2n) is 6.03. The van der Waals surface area contributed by atoms with Crippen molar-refractivity contribution in [3.8, 4) is 5.88 Å². The summed E-state index contributed by atoms with van der Waals surface area (Å²) in [5.41, 5.74) is -2.06. The molecule has 0 spiro atoms. The molecule has 0 amide bonds. The maximum Gasteiger partial charge on any atom is 0.433 e. The number of alkyl halides is 3. The number of pyridine rings is 1. The minimum Gasteiger partial charge on any atom is -0.406 e. The van der Waals surface area contributed by atoms with Crippen LogP contribution >= 0.6 is 0 Å². The van der Waals surface area contributed by atoms with Crippen LogP contribution in [0.3, 0.4) is 0 Å². The predicted octanol–water partition coefficient (Wildman–Crippen LogP) is 2.89. The van der Waals surface area contributed by atoms with Crippen LogP contribution in [0.5, 0.6) is 5.88 Å². The third-order valence-electron chi connectivity index (χ3n) is 3.44. The Hall–Kier alpha value is -2.35. The Morgan fingerprint density at radius 1 is 1.25 bits per heavy atom. The number of carbonyl (C=O) groups excluding carboxylic acids is 1. The van der Waals surface area contributed by atoms with Gasteiger partial charge in [-0.1, -0.05) is 19.9 Å². The van der Waals surface area contributed by atoms with E-state index < -0.39 is 35.2 Å². The Balaban J connectivity index is 2.08. The van der Waals surface area contributed by atoms with Crippen LogP contribution in [-0.2, 0) is 17.5 Å². The molecular weight excluding hydrogens is 325 g/mol. The second-order valence-corrected chi connectivity index (χ2v) is 6.03. The van der Waals surface area contributed by atoms with Crippen molar-refractivity contribution < 1.29 is 27.8 Å². The lowest BCUT2D eigenvalue weighted by Gasteiger charge is -2.29. The number of carbonyl (C=O) groups is 1. The lowest BCUT2D eigenvalue weighted by Crippen LogP contribution is -2.41. The summed E-state index contributed by atoms with van der Waals surface area (Å²) in [5, 5.41) is 10.2. The van der Waals surface area contributed by atoms with E-state index in [1.807, 2.05) is 0 Å². The van der Waals surface area contributed by atoms with Gasteiger partial charge in [0.25, 0.3) is 0 Å². The van der Waals surface area contributed by atoms with Crippen molar-refractivity contribution in [3.63, 3.8) is 0 Å². The molecule has 2 rings (SSSR count). The highest BCUT2D eigenvalue weighted by Gasteiger charge is 2.36. The number of halogens is 3. The lowest BCUT2D eigenvalue weighted by molar-refractivity contribution is -0.152. The lowest BCUT2D eigenvalue weighted by atomic mass is 9.86. The van der Waals surface area contributed by atoms with Crippen LogP contribution in [-0.4, -0.2) is 26.7 Å². The van der Waals surface area contributed by atoms with Gasteiger partial charge in [-0.3, -0.25) is 0 Å². The molecule has 0 radical (unpaired) electrons. The molecule has 0 saturated carbocycles. The number of ether oxygens (including phenoxy) is 1. The SMILES string of the molecule is CC(C)(Cn1cccc1)C(O)C(=O)Oc1cccc(C(F)(F)F)n1. The fraction of sp³-hybridized carbons (Fsp3) is 0.375. The highest BCUT2D eigenvalue weighted by molar-refractivity contribution is 5.77. The molecule has 2 heterocycles. The van der Waals surface area contributed by atoms with Crippen LogP contribution in [0.25, 0.3) is 0 Å². The molecule has 0 aliphatic carbocycles. The van der Waals surface area contributed by atoms with E-state index in [9.17, 15) is 23.1 Å². The molecule has 5 nitrogen and oxygen atoms in total. The molecule has 0 aromatic carbocycles. The van der Waals surface area contributed by atoms with Gasteiger partial charge < -0.3 is 14.4 Å².